The van der Waals surface area contributed by atoms with Crippen LogP contribution in [0, 0.1) is 0 Å². The largest absolute Gasteiger partial charge is 0.379 e. The average Bonchev–Trinajstić information content (AvgIpc) is 2.64. The highest BCUT2D eigenvalue weighted by Crippen LogP contribution is 2.30. The molecule has 0 fully saturated rings. The molecule has 0 saturated carbocycles. The van der Waals surface area contributed by atoms with E-state index in [1.165, 1.54) is 17.5 Å². The van der Waals surface area contributed by atoms with Gasteiger partial charge in [0.05, 0.1) is 25.4 Å². The Morgan fingerprint density at radius 3 is 2.85 bits per heavy atom. The van der Waals surface area contributed by atoms with Crippen molar-refractivity contribution >= 4 is 0 Å². The monoisotopic (exact) mass is 277 g/mol. The molecule has 20 heavy (non-hydrogen) atoms. The van der Waals surface area contributed by atoms with Crippen molar-refractivity contribution < 1.29 is 9.47 Å². The van der Waals surface area contributed by atoms with Crippen LogP contribution in [0.25, 0.3) is 0 Å². The van der Waals surface area contributed by atoms with Gasteiger partial charge in [-0.1, -0.05) is 31.2 Å². The van der Waals surface area contributed by atoms with E-state index in [4.69, 9.17) is 9.47 Å². The highest BCUT2D eigenvalue weighted by molar-refractivity contribution is 5.32. The zero-order valence-electron chi connectivity index (χ0n) is 12.7. The van der Waals surface area contributed by atoms with Gasteiger partial charge >= 0.3 is 0 Å². The molecule has 2 atom stereocenters. The van der Waals surface area contributed by atoms with Gasteiger partial charge in [0.15, 0.2) is 0 Å². The molecule has 0 radical (unpaired) electrons. The Morgan fingerprint density at radius 1 is 1.20 bits per heavy atom. The van der Waals surface area contributed by atoms with Gasteiger partial charge in [-0.25, -0.2) is 0 Å². The minimum atomic E-state index is 0.249. The van der Waals surface area contributed by atoms with Crippen LogP contribution in [0.3, 0.4) is 0 Å². The molecular weight excluding hydrogens is 250 g/mol. The van der Waals surface area contributed by atoms with Crippen LogP contribution in [-0.2, 0) is 15.9 Å². The molecule has 2 unspecified atom stereocenters. The lowest BCUT2D eigenvalue weighted by molar-refractivity contribution is -0.0130. The topological polar surface area (TPSA) is 30.5 Å². The fraction of sp³-hybridized carbons (Fsp3) is 0.647. The summed E-state index contributed by atoms with van der Waals surface area (Å²) in [6.07, 6.45) is 3.71. The number of hydrogen-bond donors (Lipinski definition) is 1. The predicted molar refractivity (Wildman–Crippen MR) is 82.0 cm³/mol. The smallest absolute Gasteiger partial charge is 0.0771 e. The number of rotatable bonds is 7. The van der Waals surface area contributed by atoms with Crippen molar-refractivity contribution in [1.82, 2.24) is 5.32 Å². The van der Waals surface area contributed by atoms with E-state index < -0.39 is 0 Å². The van der Waals surface area contributed by atoms with Crippen LogP contribution in [0.2, 0.25) is 0 Å². The summed E-state index contributed by atoms with van der Waals surface area (Å²) in [4.78, 5) is 0. The van der Waals surface area contributed by atoms with E-state index in [0.29, 0.717) is 19.3 Å². The summed E-state index contributed by atoms with van der Waals surface area (Å²) in [5.41, 5.74) is 2.88. The lowest BCUT2D eigenvalue weighted by Crippen LogP contribution is -2.34. The number of nitrogens with one attached hydrogen (secondary N) is 1. The number of hydrogen-bond acceptors (Lipinski definition) is 3. The van der Waals surface area contributed by atoms with E-state index in [9.17, 15) is 0 Å². The maximum Gasteiger partial charge on any atom is 0.0771 e. The van der Waals surface area contributed by atoms with Crippen LogP contribution in [0.4, 0.5) is 0 Å². The Balaban J connectivity index is 2.06. The van der Waals surface area contributed by atoms with Crippen LogP contribution >= 0.6 is 0 Å². The first-order chi connectivity index (χ1) is 9.86. The van der Waals surface area contributed by atoms with Crippen molar-refractivity contribution in [3.63, 3.8) is 0 Å². The summed E-state index contributed by atoms with van der Waals surface area (Å²) in [6.45, 7) is 7.27. The van der Waals surface area contributed by atoms with Crippen molar-refractivity contribution in [3.8, 4) is 0 Å². The number of ether oxygens (including phenoxy) is 2. The van der Waals surface area contributed by atoms with Gasteiger partial charge in [0.2, 0.25) is 0 Å². The number of fused-ring (bicyclic) bond motifs is 1. The molecule has 0 aliphatic heterocycles. The predicted octanol–water partition coefficient (Wildman–Crippen LogP) is 3.10. The molecule has 2 rings (SSSR count). The lowest BCUT2D eigenvalue weighted by atomic mass is 9.97. The van der Waals surface area contributed by atoms with Crippen molar-refractivity contribution in [2.24, 2.45) is 0 Å². The highest BCUT2D eigenvalue weighted by atomic mass is 16.5. The molecule has 3 heteroatoms. The second-order valence-corrected chi connectivity index (χ2v) is 5.23. The van der Waals surface area contributed by atoms with E-state index in [1.807, 2.05) is 6.92 Å². The minimum Gasteiger partial charge on any atom is -0.379 e. The quantitative estimate of drug-likeness (QED) is 0.613. The van der Waals surface area contributed by atoms with Crippen molar-refractivity contribution in [2.75, 3.05) is 26.4 Å². The van der Waals surface area contributed by atoms with Gasteiger partial charge in [-0.3, -0.25) is 0 Å². The van der Waals surface area contributed by atoms with Crippen LogP contribution in [-0.4, -0.2) is 32.5 Å². The van der Waals surface area contributed by atoms with E-state index in [0.717, 1.165) is 26.0 Å². The van der Waals surface area contributed by atoms with Gasteiger partial charge in [-0.15, -0.1) is 0 Å². The first-order valence-electron chi connectivity index (χ1n) is 7.87. The van der Waals surface area contributed by atoms with Crippen molar-refractivity contribution in [2.45, 2.75) is 45.3 Å². The molecule has 1 aliphatic carbocycles. The molecule has 1 aliphatic rings. The standard InChI is InChI=1S/C17H27NO2/c1-3-18-17-15-10-6-5-8-14(15)9-7-11-16(17)20-13-12-19-4-2/h5-6,8,10,16-18H,3-4,7,9,11-13H2,1-2H3. The second-order valence-electron chi connectivity index (χ2n) is 5.23. The van der Waals surface area contributed by atoms with E-state index in [1.54, 1.807) is 0 Å². The zero-order valence-corrected chi connectivity index (χ0v) is 12.7. The normalized spacial score (nSPS) is 22.3. The summed E-state index contributed by atoms with van der Waals surface area (Å²) in [6, 6.07) is 9.07. The minimum absolute atomic E-state index is 0.249. The molecular formula is C17H27NO2. The maximum atomic E-state index is 6.10. The summed E-state index contributed by atoms with van der Waals surface area (Å²) < 4.78 is 11.5. The molecule has 0 saturated heterocycles. The van der Waals surface area contributed by atoms with E-state index in [2.05, 4.69) is 36.5 Å². The number of benzene rings is 1. The SMILES string of the molecule is CCNC1c2ccccc2CCCC1OCCOCC. The molecule has 3 nitrogen and oxygen atoms in total. The summed E-state index contributed by atoms with van der Waals surface area (Å²) in [5, 5.41) is 3.61. The Bertz CT molecular complexity index is 394. The van der Waals surface area contributed by atoms with Crippen LogP contribution < -0.4 is 5.32 Å². The fourth-order valence-corrected chi connectivity index (χ4v) is 2.97. The van der Waals surface area contributed by atoms with Crippen molar-refractivity contribution in [3.05, 3.63) is 35.4 Å². The molecule has 0 heterocycles. The zero-order chi connectivity index (χ0) is 14.2. The average molecular weight is 277 g/mol. The van der Waals surface area contributed by atoms with Crippen LogP contribution in [0.5, 0.6) is 0 Å². The first kappa shape index (κ1) is 15.5. The lowest BCUT2D eigenvalue weighted by Gasteiger charge is -2.27. The van der Waals surface area contributed by atoms with E-state index >= 15 is 0 Å². The van der Waals surface area contributed by atoms with Gasteiger partial charge in [0.1, 0.15) is 0 Å². The Labute approximate surface area is 122 Å². The molecule has 0 amide bonds. The van der Waals surface area contributed by atoms with Crippen molar-refractivity contribution in [1.29, 1.82) is 0 Å². The maximum absolute atomic E-state index is 6.10. The van der Waals surface area contributed by atoms with Gasteiger partial charge in [0, 0.05) is 6.61 Å². The van der Waals surface area contributed by atoms with Gasteiger partial charge in [0.25, 0.3) is 0 Å². The summed E-state index contributed by atoms with van der Waals surface area (Å²) >= 11 is 0. The van der Waals surface area contributed by atoms with Crippen LogP contribution in [0.15, 0.2) is 24.3 Å². The summed E-state index contributed by atoms with van der Waals surface area (Å²) in [7, 11) is 0. The third-order valence-electron chi connectivity index (χ3n) is 3.88. The Hall–Kier alpha value is -0.900. The van der Waals surface area contributed by atoms with Gasteiger partial charge in [-0.2, -0.15) is 0 Å². The summed E-state index contributed by atoms with van der Waals surface area (Å²) in [5.74, 6) is 0. The van der Waals surface area contributed by atoms with Crippen LogP contribution in [0.1, 0.15) is 43.9 Å². The molecule has 1 N–H and O–H groups in total. The number of aryl methyl sites for hydroxylation is 1. The third-order valence-corrected chi connectivity index (χ3v) is 3.88. The molecule has 1 aromatic rings. The van der Waals surface area contributed by atoms with Gasteiger partial charge in [-0.05, 0) is 43.9 Å². The molecule has 1 aromatic carbocycles. The van der Waals surface area contributed by atoms with Gasteiger partial charge < -0.3 is 14.8 Å². The second kappa shape index (κ2) is 8.40. The molecule has 0 bridgehead atoms. The number of likely N-dealkylation sites (N-methyl/N-ethyl adjacent to an activating group) is 1. The molecule has 112 valence electrons. The Kier molecular flexibility index (Phi) is 6.51. The molecule has 0 aromatic heterocycles. The highest BCUT2D eigenvalue weighted by Gasteiger charge is 2.27. The fourth-order valence-electron chi connectivity index (χ4n) is 2.97. The molecule has 0 spiro atoms. The first-order valence-corrected chi connectivity index (χ1v) is 7.87. The van der Waals surface area contributed by atoms with E-state index in [-0.39, 0.29) is 6.10 Å². The third kappa shape index (κ3) is 4.05. The Morgan fingerprint density at radius 2 is 2.05 bits per heavy atom.